The first kappa shape index (κ1) is 17.2. The molecule has 1 atom stereocenters. The van der Waals surface area contributed by atoms with Crippen LogP contribution in [0.3, 0.4) is 0 Å². The van der Waals surface area contributed by atoms with E-state index in [9.17, 15) is 9.90 Å². The Kier molecular flexibility index (Phi) is 5.21. The highest BCUT2D eigenvalue weighted by atomic mass is 16.3. The van der Waals surface area contributed by atoms with Crippen LogP contribution in [0.25, 0.3) is 0 Å². The quantitative estimate of drug-likeness (QED) is 0.887. The number of benzene rings is 1. The number of carbonyl (C=O) groups is 1. The monoisotopic (exact) mass is 315 g/mol. The number of carbonyl (C=O) groups excluding carboxylic acids is 1. The van der Waals surface area contributed by atoms with Crippen LogP contribution in [-0.4, -0.2) is 33.4 Å². The van der Waals surface area contributed by atoms with Crippen LogP contribution in [0, 0.1) is 0 Å². The van der Waals surface area contributed by atoms with Gasteiger partial charge in [0.25, 0.3) is 5.91 Å². The second kappa shape index (κ2) is 6.96. The van der Waals surface area contributed by atoms with Crippen molar-refractivity contribution >= 4 is 5.91 Å². The highest BCUT2D eigenvalue weighted by molar-refractivity contribution is 5.92. The molecular weight excluding hydrogens is 290 g/mol. The van der Waals surface area contributed by atoms with E-state index in [1.807, 2.05) is 30.3 Å². The Morgan fingerprint density at radius 2 is 1.96 bits per heavy atom. The van der Waals surface area contributed by atoms with Crippen molar-refractivity contribution in [3.63, 3.8) is 0 Å². The molecule has 23 heavy (non-hydrogen) atoms. The van der Waals surface area contributed by atoms with Gasteiger partial charge in [0.05, 0.1) is 11.8 Å². The highest BCUT2D eigenvalue weighted by Gasteiger charge is 2.21. The van der Waals surface area contributed by atoms with Gasteiger partial charge >= 0.3 is 0 Å². The molecule has 1 aromatic heterocycles. The summed E-state index contributed by atoms with van der Waals surface area (Å²) < 4.78 is 1.58. The van der Waals surface area contributed by atoms with E-state index in [0.717, 1.165) is 11.3 Å². The zero-order valence-corrected chi connectivity index (χ0v) is 14.2. The molecule has 0 aliphatic heterocycles. The molecule has 1 heterocycles. The van der Waals surface area contributed by atoms with Gasteiger partial charge in [0, 0.05) is 25.4 Å². The molecule has 1 unspecified atom stereocenters. The first-order chi connectivity index (χ1) is 10.8. The van der Waals surface area contributed by atoms with Gasteiger partial charge < -0.3 is 10.4 Å². The molecule has 1 aromatic carbocycles. The van der Waals surface area contributed by atoms with E-state index in [2.05, 4.69) is 31.2 Å². The summed E-state index contributed by atoms with van der Waals surface area (Å²) in [5, 5.41) is 17.2. The van der Waals surface area contributed by atoms with Gasteiger partial charge in [-0.15, -0.1) is 0 Å². The average Bonchev–Trinajstić information content (AvgIpc) is 2.88. The maximum absolute atomic E-state index is 12.3. The van der Waals surface area contributed by atoms with Crippen molar-refractivity contribution in [1.29, 1.82) is 0 Å². The Balaban J connectivity index is 1.93. The number of nitrogens with one attached hydrogen (secondary N) is 1. The van der Waals surface area contributed by atoms with Crippen molar-refractivity contribution in [2.75, 3.05) is 6.54 Å². The van der Waals surface area contributed by atoms with Crippen molar-refractivity contribution in [3.8, 4) is 0 Å². The van der Waals surface area contributed by atoms with E-state index >= 15 is 0 Å². The van der Waals surface area contributed by atoms with Crippen LogP contribution in [0.1, 0.15) is 42.5 Å². The summed E-state index contributed by atoms with van der Waals surface area (Å²) in [6.45, 7) is 6.38. The zero-order chi connectivity index (χ0) is 17.0. The van der Waals surface area contributed by atoms with Crippen LogP contribution in [0.4, 0.5) is 0 Å². The minimum Gasteiger partial charge on any atom is -0.391 e. The molecule has 2 rings (SSSR count). The summed E-state index contributed by atoms with van der Waals surface area (Å²) in [5.74, 6) is -0.220. The number of hydrogen-bond donors (Lipinski definition) is 2. The molecular formula is C18H25N3O2. The Hall–Kier alpha value is -2.14. The maximum Gasteiger partial charge on any atom is 0.269 e. The van der Waals surface area contributed by atoms with Crippen molar-refractivity contribution < 1.29 is 9.90 Å². The van der Waals surface area contributed by atoms with Crippen molar-refractivity contribution in [2.24, 2.45) is 7.05 Å². The smallest absolute Gasteiger partial charge is 0.269 e. The van der Waals surface area contributed by atoms with E-state index in [0.29, 0.717) is 12.1 Å². The van der Waals surface area contributed by atoms with E-state index in [-0.39, 0.29) is 17.9 Å². The van der Waals surface area contributed by atoms with Crippen molar-refractivity contribution in [1.82, 2.24) is 15.1 Å². The standard InChI is InChI=1S/C18H25N3O2/c1-18(2,3)16-11-15(21(4)20-16)17(23)19-12-14(22)10-13-8-6-5-7-9-13/h5-9,11,14,22H,10,12H2,1-4H3,(H,19,23). The van der Waals surface area contributed by atoms with Gasteiger partial charge in [0.2, 0.25) is 0 Å². The number of aliphatic hydroxyl groups is 1. The number of aromatic nitrogens is 2. The SMILES string of the molecule is Cn1nc(C(C)(C)C)cc1C(=O)NCC(O)Cc1ccccc1. The second-order valence-electron chi connectivity index (χ2n) is 6.84. The highest BCUT2D eigenvalue weighted by Crippen LogP contribution is 2.21. The minimum atomic E-state index is -0.614. The third kappa shape index (κ3) is 4.66. The van der Waals surface area contributed by atoms with E-state index < -0.39 is 6.10 Å². The molecule has 0 radical (unpaired) electrons. The van der Waals surface area contributed by atoms with Gasteiger partial charge in [-0.1, -0.05) is 51.1 Å². The number of nitrogens with zero attached hydrogens (tertiary/aromatic N) is 2. The number of hydrogen-bond acceptors (Lipinski definition) is 3. The fraction of sp³-hybridized carbons (Fsp3) is 0.444. The van der Waals surface area contributed by atoms with Crippen molar-refractivity contribution in [2.45, 2.75) is 38.7 Å². The Bertz CT molecular complexity index is 657. The van der Waals surface area contributed by atoms with Gasteiger partial charge in [0.1, 0.15) is 5.69 Å². The van der Waals surface area contributed by atoms with Gasteiger partial charge in [-0.05, 0) is 11.6 Å². The topological polar surface area (TPSA) is 67.2 Å². The molecule has 5 nitrogen and oxygen atoms in total. The fourth-order valence-corrected chi connectivity index (χ4v) is 2.31. The number of aliphatic hydroxyl groups excluding tert-OH is 1. The van der Waals surface area contributed by atoms with Crippen LogP contribution >= 0.6 is 0 Å². The predicted molar refractivity (Wildman–Crippen MR) is 90.4 cm³/mol. The lowest BCUT2D eigenvalue weighted by molar-refractivity contribution is 0.0906. The Morgan fingerprint density at radius 3 is 2.52 bits per heavy atom. The van der Waals surface area contributed by atoms with Crippen LogP contribution in [-0.2, 0) is 18.9 Å². The third-order valence-corrected chi connectivity index (χ3v) is 3.69. The van der Waals surface area contributed by atoms with Gasteiger partial charge in [-0.25, -0.2) is 0 Å². The van der Waals surface area contributed by atoms with Crippen LogP contribution in [0.2, 0.25) is 0 Å². The van der Waals surface area contributed by atoms with Gasteiger partial charge in [0.15, 0.2) is 0 Å². The molecule has 0 spiro atoms. The van der Waals surface area contributed by atoms with Crippen LogP contribution < -0.4 is 5.32 Å². The van der Waals surface area contributed by atoms with Gasteiger partial charge in [-0.2, -0.15) is 5.10 Å². The lowest BCUT2D eigenvalue weighted by atomic mass is 9.92. The molecule has 1 amide bonds. The first-order valence-electron chi connectivity index (χ1n) is 7.82. The summed E-state index contributed by atoms with van der Waals surface area (Å²) in [7, 11) is 1.75. The first-order valence-corrected chi connectivity index (χ1v) is 7.82. The lowest BCUT2D eigenvalue weighted by Crippen LogP contribution is -2.34. The lowest BCUT2D eigenvalue weighted by Gasteiger charge is -2.13. The molecule has 124 valence electrons. The summed E-state index contributed by atoms with van der Waals surface area (Å²) in [6, 6.07) is 11.5. The molecule has 0 bridgehead atoms. The normalized spacial score (nSPS) is 12.9. The predicted octanol–water partition coefficient (Wildman–Crippen LogP) is 2.05. The zero-order valence-electron chi connectivity index (χ0n) is 14.2. The number of aryl methyl sites for hydroxylation is 1. The molecule has 5 heteroatoms. The molecule has 0 saturated heterocycles. The molecule has 2 aromatic rings. The summed E-state index contributed by atoms with van der Waals surface area (Å²) >= 11 is 0. The van der Waals surface area contributed by atoms with Gasteiger partial charge in [-0.3, -0.25) is 9.48 Å². The average molecular weight is 315 g/mol. The molecule has 0 aliphatic carbocycles. The molecule has 0 fully saturated rings. The summed E-state index contributed by atoms with van der Waals surface area (Å²) in [6.07, 6.45) is -0.101. The third-order valence-electron chi connectivity index (χ3n) is 3.69. The largest absolute Gasteiger partial charge is 0.391 e. The summed E-state index contributed by atoms with van der Waals surface area (Å²) in [5.41, 5.74) is 2.31. The van der Waals surface area contributed by atoms with E-state index in [1.54, 1.807) is 17.8 Å². The molecule has 0 aliphatic rings. The minimum absolute atomic E-state index is 0.108. The second-order valence-corrected chi connectivity index (χ2v) is 6.84. The molecule has 0 saturated carbocycles. The van der Waals surface area contributed by atoms with Crippen LogP contribution in [0.5, 0.6) is 0 Å². The van der Waals surface area contributed by atoms with Crippen molar-refractivity contribution in [3.05, 3.63) is 53.3 Å². The van der Waals surface area contributed by atoms with Crippen LogP contribution in [0.15, 0.2) is 36.4 Å². The maximum atomic E-state index is 12.3. The molecule has 2 N–H and O–H groups in total. The van der Waals surface area contributed by atoms with E-state index in [4.69, 9.17) is 0 Å². The summed E-state index contributed by atoms with van der Waals surface area (Å²) in [4.78, 5) is 12.3. The Labute approximate surface area is 137 Å². The Morgan fingerprint density at radius 1 is 1.30 bits per heavy atom. The number of rotatable bonds is 5. The van der Waals surface area contributed by atoms with E-state index in [1.165, 1.54) is 0 Å². The number of amides is 1. The fourth-order valence-electron chi connectivity index (χ4n) is 2.31.